The first-order valence-corrected chi connectivity index (χ1v) is 7.37. The van der Waals surface area contributed by atoms with Crippen molar-refractivity contribution in [3.05, 3.63) is 23.9 Å². The number of hydrogen-bond donors (Lipinski definition) is 1. The number of nitrogens with zero attached hydrogens (tertiary/aromatic N) is 2. The average Bonchev–Trinajstić information content (AvgIpc) is 2.48. The maximum absolute atomic E-state index is 12.5. The summed E-state index contributed by atoms with van der Waals surface area (Å²) in [4.78, 5) is 29.2. The molecule has 1 N–H and O–H groups in total. The summed E-state index contributed by atoms with van der Waals surface area (Å²) >= 11 is 0. The number of carbonyl (C=O) groups excluding carboxylic acids is 2. The largest absolute Gasteiger partial charge is 0.467 e. The van der Waals surface area contributed by atoms with Crippen LogP contribution in [0.4, 0.5) is 13.2 Å². The lowest BCUT2D eigenvalue weighted by Gasteiger charge is -2.22. The number of nitrogens with one attached hydrogen (secondary N) is 1. The van der Waals surface area contributed by atoms with Crippen molar-refractivity contribution in [2.24, 2.45) is 0 Å². The van der Waals surface area contributed by atoms with E-state index in [1.54, 1.807) is 20.8 Å². The van der Waals surface area contributed by atoms with Crippen molar-refractivity contribution in [3.63, 3.8) is 0 Å². The molecule has 9 heteroatoms. The van der Waals surface area contributed by atoms with Gasteiger partial charge in [-0.05, 0) is 32.9 Å². The molecule has 0 radical (unpaired) electrons. The molecule has 0 saturated carbocycles. The summed E-state index contributed by atoms with van der Waals surface area (Å²) in [7, 11) is 0. The Hall–Kier alpha value is -2.32. The maximum atomic E-state index is 12.5. The Kier molecular flexibility index (Phi) is 6.99. The highest BCUT2D eigenvalue weighted by molar-refractivity contribution is 5.98. The third-order valence-electron chi connectivity index (χ3n) is 2.83. The molecule has 134 valence electrons. The first-order chi connectivity index (χ1) is 11.1. The quantitative estimate of drug-likeness (QED) is 0.819. The molecule has 0 fully saturated rings. The number of rotatable bonds is 7. The van der Waals surface area contributed by atoms with E-state index in [2.05, 4.69) is 15.0 Å². The van der Waals surface area contributed by atoms with E-state index in [-0.39, 0.29) is 30.6 Å². The number of pyridine rings is 1. The van der Waals surface area contributed by atoms with Gasteiger partial charge in [0.25, 0.3) is 5.91 Å². The third-order valence-corrected chi connectivity index (χ3v) is 2.83. The van der Waals surface area contributed by atoms with Crippen molar-refractivity contribution in [1.82, 2.24) is 15.2 Å². The highest BCUT2D eigenvalue weighted by atomic mass is 19.4. The maximum Gasteiger partial charge on any atom is 0.422 e. The Morgan fingerprint density at radius 1 is 1.38 bits per heavy atom. The van der Waals surface area contributed by atoms with Gasteiger partial charge in [0.15, 0.2) is 6.61 Å². The monoisotopic (exact) mass is 347 g/mol. The number of carbonyl (C=O) groups is 2. The van der Waals surface area contributed by atoms with Crippen LogP contribution >= 0.6 is 0 Å². The van der Waals surface area contributed by atoms with E-state index >= 15 is 0 Å². The first kappa shape index (κ1) is 19.7. The fourth-order valence-electron chi connectivity index (χ4n) is 1.86. The van der Waals surface area contributed by atoms with E-state index in [1.165, 1.54) is 23.2 Å². The fraction of sp³-hybridized carbons (Fsp3) is 0.533. The summed E-state index contributed by atoms with van der Waals surface area (Å²) in [6.07, 6.45) is -3.32. The van der Waals surface area contributed by atoms with Gasteiger partial charge in [-0.2, -0.15) is 13.2 Å². The Balaban J connectivity index is 2.90. The Bertz CT molecular complexity index is 577. The van der Waals surface area contributed by atoms with Crippen LogP contribution in [-0.2, 0) is 4.79 Å². The van der Waals surface area contributed by atoms with Crippen molar-refractivity contribution in [2.75, 3.05) is 19.7 Å². The molecular weight excluding hydrogens is 327 g/mol. The Morgan fingerprint density at radius 3 is 2.58 bits per heavy atom. The van der Waals surface area contributed by atoms with Crippen molar-refractivity contribution in [1.29, 1.82) is 0 Å². The van der Waals surface area contributed by atoms with Crippen LogP contribution in [0.25, 0.3) is 0 Å². The molecule has 0 aliphatic heterocycles. The van der Waals surface area contributed by atoms with Gasteiger partial charge < -0.3 is 15.0 Å². The van der Waals surface area contributed by atoms with E-state index in [4.69, 9.17) is 0 Å². The highest BCUT2D eigenvalue weighted by Gasteiger charge is 2.30. The number of ether oxygens (including phenoxy) is 1. The second kappa shape index (κ2) is 8.51. The van der Waals surface area contributed by atoms with Gasteiger partial charge in [0.05, 0.1) is 6.54 Å². The van der Waals surface area contributed by atoms with Crippen molar-refractivity contribution in [2.45, 2.75) is 33.0 Å². The number of hydrogen-bond acceptors (Lipinski definition) is 4. The van der Waals surface area contributed by atoms with Gasteiger partial charge in [0, 0.05) is 18.8 Å². The molecule has 0 bridgehead atoms. The molecule has 0 aliphatic rings. The van der Waals surface area contributed by atoms with Gasteiger partial charge >= 0.3 is 6.18 Å². The number of halogens is 3. The van der Waals surface area contributed by atoms with Crippen LogP contribution in [0.1, 0.15) is 31.1 Å². The van der Waals surface area contributed by atoms with E-state index in [0.29, 0.717) is 0 Å². The van der Waals surface area contributed by atoms with Crippen molar-refractivity contribution >= 4 is 11.8 Å². The van der Waals surface area contributed by atoms with Crippen LogP contribution in [0.15, 0.2) is 18.3 Å². The lowest BCUT2D eigenvalue weighted by molar-refractivity contribution is -0.154. The van der Waals surface area contributed by atoms with Gasteiger partial charge in [-0.15, -0.1) is 0 Å². The molecule has 0 atom stereocenters. The highest BCUT2D eigenvalue weighted by Crippen LogP contribution is 2.21. The number of amides is 2. The molecule has 0 saturated heterocycles. The SMILES string of the molecule is CCN(CC(=O)NC(C)C)C(=O)c1cccnc1OCC(F)(F)F. The average molecular weight is 347 g/mol. The summed E-state index contributed by atoms with van der Waals surface area (Å²) in [5.41, 5.74) is -0.124. The molecule has 2 amide bonds. The molecule has 0 aliphatic carbocycles. The normalized spacial score (nSPS) is 11.3. The summed E-state index contributed by atoms with van der Waals surface area (Å²) in [6, 6.07) is 2.63. The summed E-state index contributed by atoms with van der Waals surface area (Å²) in [6.45, 7) is 3.66. The predicted molar refractivity (Wildman–Crippen MR) is 80.6 cm³/mol. The molecule has 0 spiro atoms. The van der Waals surface area contributed by atoms with Gasteiger partial charge in [0.2, 0.25) is 11.8 Å². The van der Waals surface area contributed by atoms with Crippen LogP contribution < -0.4 is 10.1 Å². The third kappa shape index (κ3) is 6.43. The molecule has 1 heterocycles. The molecule has 1 aromatic heterocycles. The molecule has 1 rings (SSSR count). The Labute approximate surface area is 138 Å². The standard InChI is InChI=1S/C15H20F3N3O3/c1-4-21(8-12(22)20-10(2)3)14(23)11-6-5-7-19-13(11)24-9-15(16,17)18/h5-7,10H,4,8-9H2,1-3H3,(H,20,22). The topological polar surface area (TPSA) is 71.5 Å². The van der Waals surface area contributed by atoms with Crippen LogP contribution in [0, 0.1) is 0 Å². The Morgan fingerprint density at radius 2 is 2.04 bits per heavy atom. The summed E-state index contributed by atoms with van der Waals surface area (Å²) in [5.74, 6) is -1.40. The second-order valence-electron chi connectivity index (χ2n) is 5.30. The predicted octanol–water partition coefficient (Wildman–Crippen LogP) is 2.01. The molecule has 1 aromatic rings. The van der Waals surface area contributed by atoms with Gasteiger partial charge in [-0.25, -0.2) is 4.98 Å². The van der Waals surface area contributed by atoms with Gasteiger partial charge in [0.1, 0.15) is 5.56 Å². The molecule has 0 unspecified atom stereocenters. The van der Waals surface area contributed by atoms with E-state index in [0.717, 1.165) is 0 Å². The summed E-state index contributed by atoms with van der Waals surface area (Å²) < 4.78 is 41.5. The number of aromatic nitrogens is 1. The molecule has 0 aromatic carbocycles. The van der Waals surface area contributed by atoms with Crippen LogP contribution in [0.5, 0.6) is 5.88 Å². The van der Waals surface area contributed by atoms with E-state index < -0.39 is 24.6 Å². The minimum Gasteiger partial charge on any atom is -0.467 e. The van der Waals surface area contributed by atoms with Crippen LogP contribution in [0.2, 0.25) is 0 Å². The molecule has 6 nitrogen and oxygen atoms in total. The fourth-order valence-corrected chi connectivity index (χ4v) is 1.86. The summed E-state index contributed by atoms with van der Waals surface area (Å²) in [5, 5.41) is 2.65. The minimum absolute atomic E-state index is 0.0876. The van der Waals surface area contributed by atoms with E-state index in [9.17, 15) is 22.8 Å². The smallest absolute Gasteiger partial charge is 0.422 e. The van der Waals surface area contributed by atoms with Crippen molar-refractivity contribution < 1.29 is 27.5 Å². The zero-order valence-corrected chi connectivity index (χ0v) is 13.7. The lowest BCUT2D eigenvalue weighted by Crippen LogP contribution is -2.42. The second-order valence-corrected chi connectivity index (χ2v) is 5.30. The van der Waals surface area contributed by atoms with Crippen LogP contribution in [0.3, 0.4) is 0 Å². The van der Waals surface area contributed by atoms with Gasteiger partial charge in [-0.3, -0.25) is 9.59 Å². The molecule has 24 heavy (non-hydrogen) atoms. The number of likely N-dealkylation sites (N-methyl/N-ethyl adjacent to an activating group) is 1. The van der Waals surface area contributed by atoms with Gasteiger partial charge in [-0.1, -0.05) is 0 Å². The molecular formula is C15H20F3N3O3. The lowest BCUT2D eigenvalue weighted by atomic mass is 10.2. The number of alkyl halides is 3. The van der Waals surface area contributed by atoms with Crippen molar-refractivity contribution in [3.8, 4) is 5.88 Å². The zero-order valence-electron chi connectivity index (χ0n) is 13.7. The first-order valence-electron chi connectivity index (χ1n) is 7.37. The minimum atomic E-state index is -4.54. The van der Waals surface area contributed by atoms with E-state index in [1.807, 2.05) is 0 Å². The zero-order chi connectivity index (χ0) is 18.3. The van der Waals surface area contributed by atoms with Crippen LogP contribution in [-0.4, -0.2) is 53.6 Å².